The Balaban J connectivity index is 2.33. The molecule has 0 amide bonds. The quantitative estimate of drug-likeness (QED) is 0.876. The second-order valence-electron chi connectivity index (χ2n) is 5.93. The summed E-state index contributed by atoms with van der Waals surface area (Å²) in [6.07, 6.45) is 5.28. The van der Waals surface area contributed by atoms with Gasteiger partial charge in [0, 0.05) is 35.4 Å². The van der Waals surface area contributed by atoms with E-state index in [1.54, 1.807) is 0 Å². The molecule has 19 heavy (non-hydrogen) atoms. The van der Waals surface area contributed by atoms with Gasteiger partial charge in [-0.3, -0.25) is 0 Å². The van der Waals surface area contributed by atoms with Crippen LogP contribution in [0.4, 0.5) is 5.69 Å². The fourth-order valence-electron chi connectivity index (χ4n) is 3.07. The van der Waals surface area contributed by atoms with E-state index in [2.05, 4.69) is 24.8 Å². The van der Waals surface area contributed by atoms with Gasteiger partial charge >= 0.3 is 0 Å². The number of hydrogen-bond donors (Lipinski definition) is 1. The number of halogens is 1. The summed E-state index contributed by atoms with van der Waals surface area (Å²) >= 11 is 6.31. The van der Waals surface area contributed by atoms with Crippen molar-refractivity contribution in [1.82, 2.24) is 0 Å². The van der Waals surface area contributed by atoms with Crippen LogP contribution in [0.5, 0.6) is 0 Å². The summed E-state index contributed by atoms with van der Waals surface area (Å²) in [7, 11) is 0. The molecule has 2 nitrogen and oxygen atoms in total. The Morgan fingerprint density at radius 3 is 2.58 bits per heavy atom. The average Bonchev–Trinajstić information content (AvgIpc) is 2.89. The Morgan fingerprint density at radius 2 is 2.00 bits per heavy atom. The predicted octanol–water partition coefficient (Wildman–Crippen LogP) is 4.20. The van der Waals surface area contributed by atoms with Crippen molar-refractivity contribution >= 4 is 17.3 Å². The SMILES string of the molecule is CC(C)CN(c1cccc(Cl)c1CN)C1CCCC1. The van der Waals surface area contributed by atoms with Crippen molar-refractivity contribution < 1.29 is 0 Å². The highest BCUT2D eigenvalue weighted by Gasteiger charge is 2.25. The van der Waals surface area contributed by atoms with E-state index in [4.69, 9.17) is 17.3 Å². The van der Waals surface area contributed by atoms with Crippen molar-refractivity contribution in [3.63, 3.8) is 0 Å². The van der Waals surface area contributed by atoms with Gasteiger partial charge in [0.2, 0.25) is 0 Å². The number of anilines is 1. The van der Waals surface area contributed by atoms with Crippen molar-refractivity contribution in [1.29, 1.82) is 0 Å². The molecule has 0 aromatic heterocycles. The molecule has 2 rings (SSSR count). The summed E-state index contributed by atoms with van der Waals surface area (Å²) < 4.78 is 0. The number of nitrogens with zero attached hydrogens (tertiary/aromatic N) is 1. The second-order valence-corrected chi connectivity index (χ2v) is 6.33. The molecule has 1 aliphatic rings. The van der Waals surface area contributed by atoms with Gasteiger partial charge in [-0.05, 0) is 30.9 Å². The average molecular weight is 281 g/mol. The second kappa shape index (κ2) is 6.62. The van der Waals surface area contributed by atoms with Gasteiger partial charge in [0.15, 0.2) is 0 Å². The van der Waals surface area contributed by atoms with Gasteiger partial charge in [-0.25, -0.2) is 0 Å². The maximum absolute atomic E-state index is 6.31. The molecule has 0 aliphatic heterocycles. The van der Waals surface area contributed by atoms with Crippen molar-refractivity contribution in [2.24, 2.45) is 11.7 Å². The van der Waals surface area contributed by atoms with Gasteiger partial charge in [-0.1, -0.05) is 44.4 Å². The standard InChI is InChI=1S/C16H25ClN2/c1-12(2)11-19(13-6-3-4-7-13)16-9-5-8-15(17)14(16)10-18/h5,8-9,12-13H,3-4,6-7,10-11,18H2,1-2H3. The summed E-state index contributed by atoms with van der Waals surface area (Å²) in [6, 6.07) is 6.81. The Labute approximate surface area is 121 Å². The highest BCUT2D eigenvalue weighted by atomic mass is 35.5. The molecule has 0 heterocycles. The molecule has 1 fully saturated rings. The van der Waals surface area contributed by atoms with Crippen LogP contribution in [0.3, 0.4) is 0 Å². The largest absolute Gasteiger partial charge is 0.368 e. The minimum absolute atomic E-state index is 0.510. The van der Waals surface area contributed by atoms with E-state index in [9.17, 15) is 0 Å². The van der Waals surface area contributed by atoms with Crippen LogP contribution < -0.4 is 10.6 Å². The molecule has 1 aromatic carbocycles. The minimum Gasteiger partial charge on any atom is -0.368 e. The van der Waals surface area contributed by atoms with Gasteiger partial charge in [0.05, 0.1) is 0 Å². The molecule has 0 unspecified atom stereocenters. The summed E-state index contributed by atoms with van der Waals surface area (Å²) in [6.45, 7) is 6.14. The highest BCUT2D eigenvalue weighted by Crippen LogP contribution is 2.33. The normalized spacial score (nSPS) is 16.3. The van der Waals surface area contributed by atoms with Crippen LogP contribution in [0.1, 0.15) is 45.1 Å². The monoisotopic (exact) mass is 280 g/mol. The van der Waals surface area contributed by atoms with E-state index in [1.165, 1.54) is 31.4 Å². The Morgan fingerprint density at radius 1 is 1.32 bits per heavy atom. The molecule has 0 atom stereocenters. The first-order valence-corrected chi connectivity index (χ1v) is 7.75. The Kier molecular flexibility index (Phi) is 5.12. The molecule has 2 N–H and O–H groups in total. The smallest absolute Gasteiger partial charge is 0.0471 e. The number of nitrogens with two attached hydrogens (primary N) is 1. The minimum atomic E-state index is 0.510. The van der Waals surface area contributed by atoms with E-state index in [0.717, 1.165) is 17.1 Å². The Bertz CT molecular complexity index is 411. The summed E-state index contributed by atoms with van der Waals surface area (Å²) in [4.78, 5) is 2.55. The zero-order valence-corrected chi connectivity index (χ0v) is 12.8. The van der Waals surface area contributed by atoms with Crippen LogP contribution in [-0.2, 0) is 6.54 Å². The Hall–Kier alpha value is -0.730. The van der Waals surface area contributed by atoms with Crippen LogP contribution in [0.25, 0.3) is 0 Å². The topological polar surface area (TPSA) is 29.3 Å². The molecule has 0 bridgehead atoms. The van der Waals surface area contributed by atoms with Crippen LogP contribution >= 0.6 is 11.6 Å². The predicted molar refractivity (Wildman–Crippen MR) is 83.8 cm³/mol. The van der Waals surface area contributed by atoms with Crippen molar-refractivity contribution in [3.8, 4) is 0 Å². The maximum Gasteiger partial charge on any atom is 0.0471 e. The van der Waals surface area contributed by atoms with Crippen molar-refractivity contribution in [2.45, 2.75) is 52.1 Å². The lowest BCUT2D eigenvalue weighted by atomic mass is 10.1. The lowest BCUT2D eigenvalue weighted by Crippen LogP contribution is -2.37. The molecular formula is C16H25ClN2. The van der Waals surface area contributed by atoms with Crippen LogP contribution in [0.15, 0.2) is 18.2 Å². The van der Waals surface area contributed by atoms with E-state index >= 15 is 0 Å². The summed E-state index contributed by atoms with van der Waals surface area (Å²) in [5, 5.41) is 0.798. The van der Waals surface area contributed by atoms with Gasteiger partial charge < -0.3 is 10.6 Å². The highest BCUT2D eigenvalue weighted by molar-refractivity contribution is 6.31. The third-order valence-electron chi connectivity index (χ3n) is 3.93. The number of hydrogen-bond acceptors (Lipinski definition) is 2. The molecule has 0 saturated heterocycles. The maximum atomic E-state index is 6.31. The van der Waals surface area contributed by atoms with Gasteiger partial charge in [0.1, 0.15) is 0 Å². The zero-order chi connectivity index (χ0) is 13.8. The molecule has 0 spiro atoms. The number of rotatable bonds is 5. The summed E-state index contributed by atoms with van der Waals surface area (Å²) in [5.41, 5.74) is 8.25. The van der Waals surface area contributed by atoms with Crippen LogP contribution in [0, 0.1) is 5.92 Å². The first-order chi connectivity index (χ1) is 9.13. The van der Waals surface area contributed by atoms with Gasteiger partial charge in [-0.15, -0.1) is 0 Å². The molecule has 1 saturated carbocycles. The molecule has 106 valence electrons. The van der Waals surface area contributed by atoms with Crippen LogP contribution in [0.2, 0.25) is 5.02 Å². The van der Waals surface area contributed by atoms with E-state index in [1.807, 2.05) is 12.1 Å². The van der Waals surface area contributed by atoms with Gasteiger partial charge in [0.25, 0.3) is 0 Å². The van der Waals surface area contributed by atoms with E-state index in [-0.39, 0.29) is 0 Å². The van der Waals surface area contributed by atoms with E-state index < -0.39 is 0 Å². The lowest BCUT2D eigenvalue weighted by Gasteiger charge is -2.34. The van der Waals surface area contributed by atoms with Crippen molar-refractivity contribution in [3.05, 3.63) is 28.8 Å². The molecular weight excluding hydrogens is 256 g/mol. The molecule has 1 aromatic rings. The summed E-state index contributed by atoms with van der Waals surface area (Å²) in [5.74, 6) is 0.644. The molecule has 0 radical (unpaired) electrons. The third-order valence-corrected chi connectivity index (χ3v) is 4.29. The van der Waals surface area contributed by atoms with Gasteiger partial charge in [-0.2, -0.15) is 0 Å². The third kappa shape index (κ3) is 3.43. The van der Waals surface area contributed by atoms with E-state index in [0.29, 0.717) is 18.5 Å². The zero-order valence-electron chi connectivity index (χ0n) is 12.0. The fraction of sp³-hybridized carbons (Fsp3) is 0.625. The first kappa shape index (κ1) is 14.7. The fourth-order valence-corrected chi connectivity index (χ4v) is 3.32. The lowest BCUT2D eigenvalue weighted by molar-refractivity contribution is 0.534. The number of benzene rings is 1. The molecule has 3 heteroatoms. The van der Waals surface area contributed by atoms with Crippen molar-refractivity contribution in [2.75, 3.05) is 11.4 Å². The first-order valence-electron chi connectivity index (χ1n) is 7.37. The van der Waals surface area contributed by atoms with Crippen LogP contribution in [-0.4, -0.2) is 12.6 Å². The molecule has 1 aliphatic carbocycles.